The molecule has 0 radical (unpaired) electrons. The minimum Gasteiger partial charge on any atom is -0.475 e. The van der Waals surface area contributed by atoms with E-state index in [0.717, 1.165) is 57.0 Å². The summed E-state index contributed by atoms with van der Waals surface area (Å²) < 4.78 is 111. The lowest BCUT2D eigenvalue weighted by atomic mass is 9.90. The number of hydrogen-bond acceptors (Lipinski definition) is 4. The topological polar surface area (TPSA) is 64.0 Å². The van der Waals surface area contributed by atoms with Crippen molar-refractivity contribution in [2.24, 2.45) is 0 Å². The number of hydrogen-bond donors (Lipinski definition) is 2. The molecule has 0 aromatic heterocycles. The van der Waals surface area contributed by atoms with Gasteiger partial charge < -0.3 is 10.2 Å². The summed E-state index contributed by atoms with van der Waals surface area (Å²) in [7, 11) is 0. The molecule has 252 valence electrons. The van der Waals surface area contributed by atoms with Crippen molar-refractivity contribution >= 4 is 16.7 Å². The molecular weight excluding hydrogens is 643 g/mol. The number of aliphatic hydroxyl groups is 1. The Bertz CT molecular complexity index is 1630. The van der Waals surface area contributed by atoms with E-state index in [4.69, 9.17) is 9.90 Å². The second kappa shape index (κ2) is 13.9. The highest BCUT2D eigenvalue weighted by Gasteiger charge is 2.71. The second-order valence-corrected chi connectivity index (χ2v) is 11.0. The molecule has 2 N–H and O–H groups in total. The minimum atomic E-state index is -5.91. The number of piperazine rings is 1. The molecule has 1 saturated heterocycles. The first-order valence-electron chi connectivity index (χ1n) is 14.2. The Hall–Kier alpha value is -4.14. The summed E-state index contributed by atoms with van der Waals surface area (Å²) in [6.45, 7) is 5.36. The molecule has 0 amide bonds. The number of carboxylic acids is 1. The van der Waals surface area contributed by atoms with Crippen LogP contribution in [0.25, 0.3) is 21.9 Å². The average Bonchev–Trinajstić information content (AvgIpc) is 3.01. The fourth-order valence-corrected chi connectivity index (χ4v) is 5.15. The zero-order chi connectivity index (χ0) is 34.6. The molecule has 0 unspecified atom stereocenters. The molecule has 5 nitrogen and oxygen atoms in total. The standard InChI is InChI=1S/C31H28F6N2O.C2HF3O2/c32-30(33,34)29(40,31(35,36)37)28-13-11-26(12-14-28)25-8-5-22(6-9-25)20-38-15-17-39(18-16-38)21-23-7-10-24-3-1-2-4-27(24)19-23;3-2(4,5)1(6)7/h1-14,19,40H,15-18,20-21H2;(H,6,7). The van der Waals surface area contributed by atoms with Crippen LogP contribution in [0, 0.1) is 0 Å². The summed E-state index contributed by atoms with van der Waals surface area (Å²) >= 11 is 0. The molecule has 4 aromatic rings. The number of carboxylic acid groups (broad SMARTS) is 1. The number of alkyl halides is 9. The van der Waals surface area contributed by atoms with Crippen LogP contribution in [0.3, 0.4) is 0 Å². The summed E-state index contributed by atoms with van der Waals surface area (Å²) in [5.41, 5.74) is -2.75. The van der Waals surface area contributed by atoms with Gasteiger partial charge in [0.15, 0.2) is 0 Å². The van der Waals surface area contributed by atoms with E-state index in [1.807, 2.05) is 24.3 Å². The van der Waals surface area contributed by atoms with Crippen LogP contribution in [0.4, 0.5) is 39.5 Å². The predicted molar refractivity (Wildman–Crippen MR) is 156 cm³/mol. The van der Waals surface area contributed by atoms with Gasteiger partial charge in [0.1, 0.15) is 0 Å². The van der Waals surface area contributed by atoms with Gasteiger partial charge in [-0.05, 0) is 39.1 Å². The molecule has 0 aliphatic carbocycles. The highest BCUT2D eigenvalue weighted by Crippen LogP contribution is 2.50. The molecule has 0 spiro atoms. The first-order valence-corrected chi connectivity index (χ1v) is 14.2. The number of benzene rings is 4. The fourth-order valence-electron chi connectivity index (χ4n) is 5.15. The van der Waals surface area contributed by atoms with Crippen LogP contribution < -0.4 is 0 Å². The van der Waals surface area contributed by atoms with Gasteiger partial charge in [0, 0.05) is 44.8 Å². The first-order chi connectivity index (χ1) is 21.9. The summed E-state index contributed by atoms with van der Waals surface area (Å²) in [6.07, 6.45) is -16.9. The Kier molecular flexibility index (Phi) is 10.6. The van der Waals surface area contributed by atoms with Crippen molar-refractivity contribution in [3.63, 3.8) is 0 Å². The maximum atomic E-state index is 13.1. The molecule has 14 heteroatoms. The van der Waals surface area contributed by atoms with Crippen molar-refractivity contribution in [3.8, 4) is 11.1 Å². The molecule has 1 aliphatic rings. The smallest absolute Gasteiger partial charge is 0.475 e. The molecule has 1 heterocycles. The van der Waals surface area contributed by atoms with Crippen LogP contribution in [0.5, 0.6) is 0 Å². The quantitative estimate of drug-likeness (QED) is 0.205. The Balaban J connectivity index is 0.000000644. The summed E-state index contributed by atoms with van der Waals surface area (Å²) in [4.78, 5) is 13.7. The number of rotatable bonds is 6. The lowest BCUT2D eigenvalue weighted by molar-refractivity contribution is -0.376. The minimum absolute atomic E-state index is 0.448. The van der Waals surface area contributed by atoms with Crippen LogP contribution >= 0.6 is 0 Å². The zero-order valence-corrected chi connectivity index (χ0v) is 24.5. The van der Waals surface area contributed by atoms with Crippen molar-refractivity contribution in [2.75, 3.05) is 26.2 Å². The average molecular weight is 673 g/mol. The van der Waals surface area contributed by atoms with Gasteiger partial charge in [-0.3, -0.25) is 9.80 Å². The van der Waals surface area contributed by atoms with Crippen LogP contribution in [-0.2, 0) is 23.5 Å². The number of carbonyl (C=O) groups is 1. The SMILES string of the molecule is O=C(O)C(F)(F)F.OC(c1ccc(-c2ccc(CN3CCN(Cc4ccc5ccccc5c4)CC3)cc2)cc1)(C(F)(F)F)C(F)(F)F. The number of aliphatic carboxylic acids is 1. The van der Waals surface area contributed by atoms with Gasteiger partial charge in [-0.2, -0.15) is 39.5 Å². The van der Waals surface area contributed by atoms with Crippen molar-refractivity contribution in [1.29, 1.82) is 0 Å². The number of halogens is 9. The monoisotopic (exact) mass is 672 g/mol. The third kappa shape index (κ3) is 8.62. The van der Waals surface area contributed by atoms with E-state index >= 15 is 0 Å². The fraction of sp³-hybridized carbons (Fsp3) is 0.303. The summed E-state index contributed by atoms with van der Waals surface area (Å²) in [5.74, 6) is -2.76. The van der Waals surface area contributed by atoms with E-state index in [-0.39, 0.29) is 0 Å². The van der Waals surface area contributed by atoms with Gasteiger partial charge in [-0.1, -0.05) is 84.9 Å². The van der Waals surface area contributed by atoms with E-state index < -0.39 is 35.7 Å². The Morgan fingerprint density at radius 1 is 0.596 bits per heavy atom. The first kappa shape index (κ1) is 35.7. The van der Waals surface area contributed by atoms with Gasteiger partial charge in [0.2, 0.25) is 0 Å². The third-order valence-corrected chi connectivity index (χ3v) is 7.74. The van der Waals surface area contributed by atoms with Crippen molar-refractivity contribution in [1.82, 2.24) is 9.80 Å². The normalized spacial score (nSPS) is 15.3. The lowest BCUT2D eigenvalue weighted by Crippen LogP contribution is -2.53. The molecule has 5 rings (SSSR count). The van der Waals surface area contributed by atoms with Crippen LogP contribution in [0.2, 0.25) is 0 Å². The molecule has 0 saturated carbocycles. The third-order valence-electron chi connectivity index (χ3n) is 7.74. The molecule has 0 bridgehead atoms. The van der Waals surface area contributed by atoms with Gasteiger partial charge in [-0.25, -0.2) is 4.79 Å². The van der Waals surface area contributed by atoms with Crippen molar-refractivity contribution in [3.05, 3.63) is 108 Å². The van der Waals surface area contributed by atoms with Crippen LogP contribution in [-0.4, -0.2) is 70.7 Å². The van der Waals surface area contributed by atoms with Gasteiger partial charge >= 0.3 is 24.5 Å². The maximum Gasteiger partial charge on any atom is 0.490 e. The molecule has 4 aromatic carbocycles. The highest BCUT2D eigenvalue weighted by atomic mass is 19.4. The van der Waals surface area contributed by atoms with E-state index in [1.54, 1.807) is 12.1 Å². The van der Waals surface area contributed by atoms with Crippen molar-refractivity contribution in [2.45, 2.75) is 37.2 Å². The van der Waals surface area contributed by atoms with E-state index in [2.05, 4.69) is 40.1 Å². The van der Waals surface area contributed by atoms with Gasteiger partial charge in [0.05, 0.1) is 0 Å². The Morgan fingerprint density at radius 2 is 1.00 bits per heavy atom. The number of nitrogens with zero attached hydrogens (tertiary/aromatic N) is 2. The van der Waals surface area contributed by atoms with E-state index in [0.29, 0.717) is 23.3 Å². The predicted octanol–water partition coefficient (Wildman–Crippen LogP) is 7.77. The molecule has 0 atom stereocenters. The van der Waals surface area contributed by atoms with E-state index in [1.165, 1.54) is 16.3 Å². The molecule has 47 heavy (non-hydrogen) atoms. The van der Waals surface area contributed by atoms with Crippen molar-refractivity contribution < 1.29 is 54.5 Å². The van der Waals surface area contributed by atoms with Gasteiger partial charge in [0.25, 0.3) is 5.60 Å². The lowest BCUT2D eigenvalue weighted by Gasteiger charge is -2.34. The van der Waals surface area contributed by atoms with Crippen LogP contribution in [0.1, 0.15) is 16.7 Å². The van der Waals surface area contributed by atoms with Crippen LogP contribution in [0.15, 0.2) is 91.0 Å². The Morgan fingerprint density at radius 3 is 1.45 bits per heavy atom. The van der Waals surface area contributed by atoms with E-state index in [9.17, 15) is 44.6 Å². The summed E-state index contributed by atoms with van der Waals surface area (Å²) in [6, 6.07) is 25.9. The second-order valence-electron chi connectivity index (χ2n) is 11.0. The number of fused-ring (bicyclic) bond motifs is 1. The highest BCUT2D eigenvalue weighted by molar-refractivity contribution is 5.83. The Labute approximate surface area is 263 Å². The summed E-state index contributed by atoms with van der Waals surface area (Å²) in [5, 5.41) is 19.2. The maximum absolute atomic E-state index is 13.1. The largest absolute Gasteiger partial charge is 0.490 e. The molecular formula is C33H29F9N2O3. The van der Waals surface area contributed by atoms with Gasteiger partial charge in [-0.15, -0.1) is 0 Å². The molecule has 1 fully saturated rings. The molecule has 1 aliphatic heterocycles. The zero-order valence-electron chi connectivity index (χ0n) is 24.5.